The number of morpholine rings is 1. The first kappa shape index (κ1) is 22.5. The van der Waals surface area contributed by atoms with Crippen molar-refractivity contribution in [3.05, 3.63) is 89.1 Å². The molecule has 1 aromatic carbocycles. The van der Waals surface area contributed by atoms with Crippen molar-refractivity contribution in [3.8, 4) is 0 Å². The van der Waals surface area contributed by atoms with Crippen LogP contribution in [-0.2, 0) is 17.7 Å². The van der Waals surface area contributed by atoms with Gasteiger partial charge in [-0.1, -0.05) is 12.1 Å². The molecule has 0 spiro atoms. The van der Waals surface area contributed by atoms with Crippen molar-refractivity contribution in [3.63, 3.8) is 0 Å². The fraction of sp³-hybridized carbons (Fsp3) is 0.240. The van der Waals surface area contributed by atoms with Crippen LogP contribution in [0.5, 0.6) is 0 Å². The normalized spacial score (nSPS) is 13.7. The zero-order chi connectivity index (χ0) is 24.2. The van der Waals surface area contributed by atoms with E-state index in [0.717, 1.165) is 29.9 Å². The second-order valence-corrected chi connectivity index (χ2v) is 8.27. The number of carboxylic acids is 1. The zero-order valence-corrected chi connectivity index (χ0v) is 18.9. The molecule has 1 aliphatic rings. The first-order chi connectivity index (χ1) is 17.0. The summed E-state index contributed by atoms with van der Waals surface area (Å²) in [6, 6.07) is 9.88. The molecule has 4 heterocycles. The number of anilines is 1. The molecule has 0 unspecified atom stereocenters. The Balaban J connectivity index is 1.22. The molecule has 0 saturated carbocycles. The SMILES string of the molecule is O=C(O)c1ccc(CNC(=O)c2ccn3cc(Cc4cnc(N5CCOCC5)nc4)nc3c2)cc1. The van der Waals surface area contributed by atoms with Gasteiger partial charge in [0, 0.05) is 56.4 Å². The van der Waals surface area contributed by atoms with Crippen LogP contribution >= 0.6 is 0 Å². The lowest BCUT2D eigenvalue weighted by atomic mass is 10.1. The number of aromatic nitrogens is 4. The molecule has 0 bridgehead atoms. The Bertz CT molecular complexity index is 1340. The molecule has 0 radical (unpaired) electrons. The predicted molar refractivity (Wildman–Crippen MR) is 128 cm³/mol. The van der Waals surface area contributed by atoms with Crippen molar-refractivity contribution < 1.29 is 19.4 Å². The van der Waals surface area contributed by atoms with Gasteiger partial charge in [-0.25, -0.2) is 19.7 Å². The molecule has 35 heavy (non-hydrogen) atoms. The van der Waals surface area contributed by atoms with Crippen LogP contribution in [0.4, 0.5) is 5.95 Å². The molecule has 10 heteroatoms. The van der Waals surface area contributed by atoms with E-state index >= 15 is 0 Å². The molecule has 2 N–H and O–H groups in total. The van der Waals surface area contributed by atoms with Crippen LogP contribution in [0.2, 0.25) is 0 Å². The fourth-order valence-electron chi connectivity index (χ4n) is 3.89. The van der Waals surface area contributed by atoms with Crippen molar-refractivity contribution in [2.24, 2.45) is 0 Å². The summed E-state index contributed by atoms with van der Waals surface area (Å²) in [7, 11) is 0. The first-order valence-electron chi connectivity index (χ1n) is 11.3. The Hall–Kier alpha value is -4.31. The van der Waals surface area contributed by atoms with Crippen molar-refractivity contribution in [1.29, 1.82) is 0 Å². The Morgan fingerprint density at radius 3 is 2.46 bits per heavy atom. The molecule has 1 saturated heterocycles. The quantitative estimate of drug-likeness (QED) is 0.420. The summed E-state index contributed by atoms with van der Waals surface area (Å²) in [4.78, 5) is 39.3. The third kappa shape index (κ3) is 5.28. The van der Waals surface area contributed by atoms with E-state index in [1.807, 2.05) is 23.0 Å². The Labute approximate surface area is 201 Å². The number of carboxylic acid groups (broad SMARTS) is 1. The summed E-state index contributed by atoms with van der Waals surface area (Å²) in [5.41, 5.74) is 4.00. The van der Waals surface area contributed by atoms with E-state index in [-0.39, 0.29) is 11.5 Å². The molecule has 3 aromatic heterocycles. The smallest absolute Gasteiger partial charge is 0.335 e. The lowest BCUT2D eigenvalue weighted by molar-refractivity contribution is 0.0696. The topological polar surface area (TPSA) is 122 Å². The maximum Gasteiger partial charge on any atom is 0.335 e. The lowest BCUT2D eigenvalue weighted by Gasteiger charge is -2.26. The summed E-state index contributed by atoms with van der Waals surface area (Å²) in [6.07, 6.45) is 7.96. The van der Waals surface area contributed by atoms with Crippen LogP contribution in [0.3, 0.4) is 0 Å². The monoisotopic (exact) mass is 472 g/mol. The van der Waals surface area contributed by atoms with Gasteiger partial charge in [-0.2, -0.15) is 0 Å². The third-order valence-electron chi connectivity index (χ3n) is 5.80. The van der Waals surface area contributed by atoms with E-state index in [2.05, 4.69) is 25.2 Å². The number of pyridine rings is 1. The van der Waals surface area contributed by atoms with E-state index in [1.165, 1.54) is 12.1 Å². The average Bonchev–Trinajstić information content (AvgIpc) is 3.30. The number of imidazole rings is 1. The Morgan fingerprint density at radius 1 is 1.00 bits per heavy atom. The molecule has 10 nitrogen and oxygen atoms in total. The summed E-state index contributed by atoms with van der Waals surface area (Å²) in [5.74, 6) is -0.502. The summed E-state index contributed by atoms with van der Waals surface area (Å²) >= 11 is 0. The van der Waals surface area contributed by atoms with Gasteiger partial charge in [-0.15, -0.1) is 0 Å². The number of aromatic carboxylic acids is 1. The van der Waals surface area contributed by atoms with Gasteiger partial charge in [0.2, 0.25) is 5.95 Å². The summed E-state index contributed by atoms with van der Waals surface area (Å²) in [6.45, 7) is 3.25. The molecule has 1 amide bonds. The minimum absolute atomic E-state index is 0.209. The van der Waals surface area contributed by atoms with Crippen molar-refractivity contribution >= 4 is 23.5 Å². The van der Waals surface area contributed by atoms with Crippen molar-refractivity contribution in [1.82, 2.24) is 24.7 Å². The van der Waals surface area contributed by atoms with Gasteiger partial charge >= 0.3 is 5.97 Å². The van der Waals surface area contributed by atoms with E-state index in [0.29, 0.717) is 43.3 Å². The van der Waals surface area contributed by atoms with Crippen molar-refractivity contribution in [2.75, 3.05) is 31.2 Å². The molecule has 1 aliphatic heterocycles. The van der Waals surface area contributed by atoms with E-state index in [1.54, 1.807) is 30.5 Å². The van der Waals surface area contributed by atoms with Gasteiger partial charge in [0.15, 0.2) is 0 Å². The number of fused-ring (bicyclic) bond motifs is 1. The highest BCUT2D eigenvalue weighted by Crippen LogP contribution is 2.14. The molecule has 0 atom stereocenters. The molecular formula is C25H24N6O4. The molecule has 5 rings (SSSR count). The van der Waals surface area contributed by atoms with Crippen LogP contribution in [0.15, 0.2) is 61.2 Å². The van der Waals surface area contributed by atoms with Crippen LogP contribution in [0.25, 0.3) is 5.65 Å². The fourth-order valence-corrected chi connectivity index (χ4v) is 3.89. The van der Waals surface area contributed by atoms with Gasteiger partial charge in [0.05, 0.1) is 24.5 Å². The first-order valence-corrected chi connectivity index (χ1v) is 11.3. The van der Waals surface area contributed by atoms with Gasteiger partial charge in [0.25, 0.3) is 5.91 Å². The standard InChI is InChI=1S/C25H24N6O4/c32-23(26-13-17-1-3-19(4-2-17)24(33)34)20-5-6-31-16-21(29-22(31)12-20)11-18-14-27-25(28-15-18)30-7-9-35-10-8-30/h1-6,12,14-16H,7-11,13H2,(H,26,32)(H,33,34). The number of nitrogens with one attached hydrogen (secondary N) is 1. The number of carbonyl (C=O) groups excluding carboxylic acids is 1. The molecule has 4 aromatic rings. The molecular weight excluding hydrogens is 448 g/mol. The predicted octanol–water partition coefficient (Wildman–Crippen LogP) is 2.18. The van der Waals surface area contributed by atoms with Gasteiger partial charge in [-0.3, -0.25) is 4.79 Å². The highest BCUT2D eigenvalue weighted by Gasteiger charge is 2.14. The van der Waals surface area contributed by atoms with Gasteiger partial charge < -0.3 is 24.5 Å². The third-order valence-corrected chi connectivity index (χ3v) is 5.80. The van der Waals surface area contributed by atoms with E-state index in [9.17, 15) is 9.59 Å². The Morgan fingerprint density at radius 2 is 1.74 bits per heavy atom. The average molecular weight is 473 g/mol. The van der Waals surface area contributed by atoms with Crippen LogP contribution in [-0.4, -0.2) is 62.6 Å². The zero-order valence-electron chi connectivity index (χ0n) is 18.9. The van der Waals surface area contributed by atoms with Gasteiger partial charge in [0.1, 0.15) is 5.65 Å². The number of amides is 1. The minimum Gasteiger partial charge on any atom is -0.478 e. The highest BCUT2D eigenvalue weighted by molar-refractivity contribution is 5.95. The van der Waals surface area contributed by atoms with Crippen LogP contribution < -0.4 is 10.2 Å². The second kappa shape index (κ2) is 9.90. The van der Waals surface area contributed by atoms with Gasteiger partial charge in [-0.05, 0) is 35.4 Å². The number of nitrogens with zero attached hydrogens (tertiary/aromatic N) is 5. The maximum atomic E-state index is 12.6. The van der Waals surface area contributed by atoms with Crippen molar-refractivity contribution in [2.45, 2.75) is 13.0 Å². The highest BCUT2D eigenvalue weighted by atomic mass is 16.5. The van der Waals surface area contributed by atoms with Crippen LogP contribution in [0, 0.1) is 0 Å². The number of benzene rings is 1. The van der Waals surface area contributed by atoms with E-state index in [4.69, 9.17) is 9.84 Å². The number of ether oxygens (including phenoxy) is 1. The number of rotatable bonds is 7. The van der Waals surface area contributed by atoms with E-state index < -0.39 is 5.97 Å². The largest absolute Gasteiger partial charge is 0.478 e. The number of hydrogen-bond donors (Lipinski definition) is 2. The minimum atomic E-state index is -0.981. The maximum absolute atomic E-state index is 12.6. The van der Waals surface area contributed by atoms with Crippen LogP contribution in [0.1, 0.15) is 37.5 Å². The lowest BCUT2D eigenvalue weighted by Crippen LogP contribution is -2.37. The molecule has 178 valence electrons. The second-order valence-electron chi connectivity index (χ2n) is 8.27. The molecule has 0 aliphatic carbocycles. The summed E-state index contributed by atoms with van der Waals surface area (Å²) in [5, 5.41) is 11.8. The number of carbonyl (C=O) groups is 2. The number of hydrogen-bond acceptors (Lipinski definition) is 7. The Kier molecular flexibility index (Phi) is 6.36. The molecule has 1 fully saturated rings. The summed E-state index contributed by atoms with van der Waals surface area (Å²) < 4.78 is 7.24.